The van der Waals surface area contributed by atoms with Gasteiger partial charge in [0, 0.05) is 18.3 Å². The fourth-order valence-corrected chi connectivity index (χ4v) is 3.08. The van der Waals surface area contributed by atoms with Gasteiger partial charge in [0.05, 0.1) is 41.5 Å². The summed E-state index contributed by atoms with van der Waals surface area (Å²) in [4.78, 5) is 23.1. The molecule has 2 heterocycles. The summed E-state index contributed by atoms with van der Waals surface area (Å²) in [5.41, 5.74) is 1.89. The van der Waals surface area contributed by atoms with Crippen molar-refractivity contribution in [2.75, 3.05) is 20.2 Å². The van der Waals surface area contributed by atoms with E-state index in [4.69, 9.17) is 21.7 Å². The second kappa shape index (κ2) is 6.99. The van der Waals surface area contributed by atoms with Crippen molar-refractivity contribution in [2.24, 2.45) is 0 Å². The monoisotopic (exact) mass is 376 g/mol. The third-order valence-corrected chi connectivity index (χ3v) is 4.92. The van der Waals surface area contributed by atoms with Crippen molar-refractivity contribution in [2.45, 2.75) is 19.8 Å². The van der Waals surface area contributed by atoms with Crippen LogP contribution in [-0.2, 0) is 0 Å². The lowest BCUT2D eigenvalue weighted by Gasteiger charge is -2.17. The SMILES string of the molecule is COc1cc(F)ccc1C(=O)N1CC(=N)C(c2nc(C)c(Cl)c(C)n2)C1. The quantitative estimate of drug-likeness (QED) is 0.892. The minimum Gasteiger partial charge on any atom is -0.496 e. The molecule has 1 fully saturated rings. The highest BCUT2D eigenvalue weighted by Crippen LogP contribution is 2.28. The molecule has 1 saturated heterocycles. The number of ether oxygens (including phenoxy) is 1. The molecule has 0 radical (unpaired) electrons. The van der Waals surface area contributed by atoms with Crippen LogP contribution >= 0.6 is 11.6 Å². The van der Waals surface area contributed by atoms with Crippen molar-refractivity contribution >= 4 is 23.2 Å². The standard InChI is InChI=1S/C18H18ClFN4O2/c1-9-16(19)10(2)23-17(22-9)13-7-24(8-14(13)21)18(25)12-5-4-11(20)6-15(12)26-3/h4-6,13,21H,7-8H2,1-3H3. The van der Waals surface area contributed by atoms with E-state index < -0.39 is 5.82 Å². The maximum atomic E-state index is 13.4. The summed E-state index contributed by atoms with van der Waals surface area (Å²) >= 11 is 6.11. The Balaban J connectivity index is 1.87. The van der Waals surface area contributed by atoms with Crippen LogP contribution in [0.25, 0.3) is 0 Å². The number of hydrogen-bond donors (Lipinski definition) is 1. The Bertz CT molecular complexity index is 880. The van der Waals surface area contributed by atoms with Gasteiger partial charge in [0.1, 0.15) is 17.4 Å². The number of nitrogens with one attached hydrogen (secondary N) is 1. The molecule has 1 unspecified atom stereocenters. The number of likely N-dealkylation sites (tertiary alicyclic amines) is 1. The minimum absolute atomic E-state index is 0.161. The Kier molecular flexibility index (Phi) is 4.91. The van der Waals surface area contributed by atoms with E-state index in [2.05, 4.69) is 9.97 Å². The third-order valence-electron chi connectivity index (χ3n) is 4.38. The molecule has 6 nitrogen and oxygen atoms in total. The van der Waals surface area contributed by atoms with Gasteiger partial charge >= 0.3 is 0 Å². The maximum absolute atomic E-state index is 13.4. The number of carbonyl (C=O) groups excluding carboxylic acids is 1. The van der Waals surface area contributed by atoms with Gasteiger partial charge in [-0.25, -0.2) is 14.4 Å². The lowest BCUT2D eigenvalue weighted by molar-refractivity contribution is 0.0791. The first-order valence-corrected chi connectivity index (χ1v) is 8.40. The summed E-state index contributed by atoms with van der Waals surface area (Å²) in [7, 11) is 1.38. The van der Waals surface area contributed by atoms with Crippen LogP contribution in [0, 0.1) is 25.1 Å². The van der Waals surface area contributed by atoms with Gasteiger partial charge in [-0.05, 0) is 26.0 Å². The molecule has 0 spiro atoms. The predicted molar refractivity (Wildman–Crippen MR) is 95.8 cm³/mol. The van der Waals surface area contributed by atoms with E-state index in [1.165, 1.54) is 30.2 Å². The number of halogens is 2. The Morgan fingerprint density at radius 3 is 2.62 bits per heavy atom. The first-order valence-electron chi connectivity index (χ1n) is 8.02. The van der Waals surface area contributed by atoms with Gasteiger partial charge < -0.3 is 15.0 Å². The lowest BCUT2D eigenvalue weighted by atomic mass is 10.1. The van der Waals surface area contributed by atoms with Crippen LogP contribution < -0.4 is 4.74 Å². The van der Waals surface area contributed by atoms with Crippen molar-refractivity contribution in [1.82, 2.24) is 14.9 Å². The van der Waals surface area contributed by atoms with Gasteiger partial charge in [-0.15, -0.1) is 0 Å². The van der Waals surface area contributed by atoms with Crippen LogP contribution in [0.2, 0.25) is 5.02 Å². The molecule has 1 aliphatic rings. The Morgan fingerprint density at radius 2 is 2.00 bits per heavy atom. The molecule has 136 valence electrons. The molecule has 1 atom stereocenters. The van der Waals surface area contributed by atoms with Crippen molar-refractivity contribution in [3.05, 3.63) is 51.8 Å². The Hall–Kier alpha value is -2.54. The smallest absolute Gasteiger partial charge is 0.257 e. The van der Waals surface area contributed by atoms with E-state index in [1.807, 2.05) is 0 Å². The van der Waals surface area contributed by atoms with Gasteiger partial charge in [-0.1, -0.05) is 11.6 Å². The van der Waals surface area contributed by atoms with E-state index in [9.17, 15) is 9.18 Å². The van der Waals surface area contributed by atoms with Crippen LogP contribution in [0.15, 0.2) is 18.2 Å². The van der Waals surface area contributed by atoms with E-state index in [0.717, 1.165) is 0 Å². The number of methoxy groups -OCH3 is 1. The topological polar surface area (TPSA) is 79.2 Å². The van der Waals surface area contributed by atoms with Crippen LogP contribution in [0.3, 0.4) is 0 Å². The van der Waals surface area contributed by atoms with Gasteiger partial charge in [0.2, 0.25) is 0 Å². The molecule has 1 aromatic carbocycles. The average Bonchev–Trinajstić information content (AvgIpc) is 3.00. The van der Waals surface area contributed by atoms with Crippen LogP contribution in [0.4, 0.5) is 4.39 Å². The molecule has 1 aliphatic heterocycles. The zero-order valence-electron chi connectivity index (χ0n) is 14.6. The molecule has 1 amide bonds. The summed E-state index contributed by atoms with van der Waals surface area (Å²) in [5.74, 6) is -0.544. The summed E-state index contributed by atoms with van der Waals surface area (Å²) in [5, 5.41) is 8.76. The molecular formula is C18H18ClFN4O2. The lowest BCUT2D eigenvalue weighted by Crippen LogP contribution is -2.29. The number of carbonyl (C=O) groups is 1. The average molecular weight is 377 g/mol. The van der Waals surface area contributed by atoms with Gasteiger partial charge in [-0.2, -0.15) is 0 Å². The molecule has 8 heteroatoms. The Morgan fingerprint density at radius 1 is 1.35 bits per heavy atom. The van der Waals surface area contributed by atoms with Crippen LogP contribution in [0.1, 0.15) is 33.5 Å². The molecular weight excluding hydrogens is 359 g/mol. The van der Waals surface area contributed by atoms with Crippen molar-refractivity contribution in [1.29, 1.82) is 5.41 Å². The zero-order valence-corrected chi connectivity index (χ0v) is 15.4. The molecule has 0 bridgehead atoms. The maximum Gasteiger partial charge on any atom is 0.257 e. The number of aromatic nitrogens is 2. The molecule has 0 saturated carbocycles. The summed E-state index contributed by atoms with van der Waals surface area (Å²) in [6.45, 7) is 4.00. The summed E-state index contributed by atoms with van der Waals surface area (Å²) in [6, 6.07) is 3.77. The highest BCUT2D eigenvalue weighted by Gasteiger charge is 2.35. The second-order valence-electron chi connectivity index (χ2n) is 6.17. The number of amides is 1. The van der Waals surface area contributed by atoms with Crippen molar-refractivity contribution in [3.63, 3.8) is 0 Å². The second-order valence-corrected chi connectivity index (χ2v) is 6.55. The van der Waals surface area contributed by atoms with Gasteiger partial charge in [0.15, 0.2) is 0 Å². The van der Waals surface area contributed by atoms with Crippen molar-refractivity contribution < 1.29 is 13.9 Å². The van der Waals surface area contributed by atoms with E-state index in [1.54, 1.807) is 13.8 Å². The largest absolute Gasteiger partial charge is 0.496 e. The number of rotatable bonds is 3. The molecule has 1 aromatic heterocycles. The molecule has 2 aromatic rings. The number of nitrogens with zero attached hydrogens (tertiary/aromatic N) is 3. The highest BCUT2D eigenvalue weighted by atomic mass is 35.5. The van der Waals surface area contributed by atoms with E-state index in [0.29, 0.717) is 27.9 Å². The van der Waals surface area contributed by atoms with E-state index >= 15 is 0 Å². The normalized spacial score (nSPS) is 16.9. The molecule has 26 heavy (non-hydrogen) atoms. The fourth-order valence-electron chi connectivity index (χ4n) is 3.00. The highest BCUT2D eigenvalue weighted by molar-refractivity contribution is 6.31. The molecule has 0 aliphatic carbocycles. The third kappa shape index (κ3) is 3.26. The van der Waals surface area contributed by atoms with Crippen molar-refractivity contribution in [3.8, 4) is 5.75 Å². The zero-order chi connectivity index (χ0) is 19.0. The fraction of sp³-hybridized carbons (Fsp3) is 0.333. The molecule has 3 rings (SSSR count). The number of aryl methyl sites for hydroxylation is 2. The number of benzene rings is 1. The first kappa shape index (κ1) is 18.3. The molecule has 1 N–H and O–H groups in total. The van der Waals surface area contributed by atoms with Crippen LogP contribution in [-0.4, -0.2) is 46.7 Å². The first-order chi connectivity index (χ1) is 12.3. The summed E-state index contributed by atoms with van der Waals surface area (Å²) < 4.78 is 18.5. The minimum atomic E-state index is -0.481. The Labute approximate surface area is 155 Å². The van der Waals surface area contributed by atoms with Gasteiger partial charge in [-0.3, -0.25) is 4.79 Å². The predicted octanol–water partition coefficient (Wildman–Crippen LogP) is 3.15. The van der Waals surface area contributed by atoms with Crippen LogP contribution in [0.5, 0.6) is 5.75 Å². The van der Waals surface area contributed by atoms with E-state index in [-0.39, 0.29) is 36.2 Å². The number of hydrogen-bond acceptors (Lipinski definition) is 5. The summed E-state index contributed by atoms with van der Waals surface area (Å²) in [6.07, 6.45) is 0. The van der Waals surface area contributed by atoms with Gasteiger partial charge in [0.25, 0.3) is 5.91 Å².